The molecule has 2 aromatic heterocycles. The van der Waals surface area contributed by atoms with Crippen LogP contribution in [-0.2, 0) is 11.2 Å². The SMILES string of the molecule is Cc1scc(C(=O)N[C@@H]2CC(C)(C)Cc3nc(N4C[C@@H](C)O[C@@H](C)C4)ncc32)c1C. The van der Waals surface area contributed by atoms with Crippen LogP contribution in [0.3, 0.4) is 0 Å². The monoisotopic (exact) mass is 428 g/mol. The molecule has 3 atom stereocenters. The van der Waals surface area contributed by atoms with E-state index in [1.165, 1.54) is 4.88 Å². The fraction of sp³-hybridized carbons (Fsp3) is 0.609. The Labute approximate surface area is 183 Å². The van der Waals surface area contributed by atoms with Crippen LogP contribution in [0.4, 0.5) is 5.95 Å². The maximum absolute atomic E-state index is 13.0. The fourth-order valence-corrected chi connectivity index (χ4v) is 5.50. The van der Waals surface area contributed by atoms with Crippen LogP contribution in [-0.4, -0.2) is 41.2 Å². The van der Waals surface area contributed by atoms with Gasteiger partial charge in [0.25, 0.3) is 5.91 Å². The van der Waals surface area contributed by atoms with Gasteiger partial charge in [-0.25, -0.2) is 9.97 Å². The second-order valence-electron chi connectivity index (χ2n) is 9.64. The molecule has 1 fully saturated rings. The lowest BCUT2D eigenvalue weighted by molar-refractivity contribution is -0.00575. The van der Waals surface area contributed by atoms with Crippen LogP contribution in [0.25, 0.3) is 0 Å². The second-order valence-corrected chi connectivity index (χ2v) is 10.7. The lowest BCUT2D eigenvalue weighted by Gasteiger charge is -2.38. The lowest BCUT2D eigenvalue weighted by Crippen LogP contribution is -2.46. The first-order valence-electron chi connectivity index (χ1n) is 10.7. The zero-order chi connectivity index (χ0) is 21.6. The topological polar surface area (TPSA) is 67.4 Å². The zero-order valence-electron chi connectivity index (χ0n) is 18.8. The maximum Gasteiger partial charge on any atom is 0.252 e. The van der Waals surface area contributed by atoms with Crippen LogP contribution in [0.2, 0.25) is 0 Å². The summed E-state index contributed by atoms with van der Waals surface area (Å²) < 4.78 is 5.85. The average molecular weight is 429 g/mol. The van der Waals surface area contributed by atoms with Crippen molar-refractivity contribution in [2.45, 2.75) is 72.6 Å². The number of ether oxygens (including phenoxy) is 1. The number of carbonyl (C=O) groups is 1. The van der Waals surface area contributed by atoms with Gasteiger partial charge in [-0.05, 0) is 51.5 Å². The van der Waals surface area contributed by atoms with Crippen molar-refractivity contribution < 1.29 is 9.53 Å². The average Bonchev–Trinajstić information content (AvgIpc) is 2.98. The molecule has 3 heterocycles. The number of anilines is 1. The summed E-state index contributed by atoms with van der Waals surface area (Å²) in [5.74, 6) is 0.758. The van der Waals surface area contributed by atoms with Crippen LogP contribution >= 0.6 is 11.3 Å². The van der Waals surface area contributed by atoms with E-state index in [-0.39, 0.29) is 29.6 Å². The Balaban J connectivity index is 1.61. The number of fused-ring (bicyclic) bond motifs is 1. The van der Waals surface area contributed by atoms with Crippen molar-refractivity contribution in [3.05, 3.63) is 38.8 Å². The highest BCUT2D eigenvalue weighted by atomic mass is 32.1. The number of amides is 1. The molecular formula is C23H32N4O2S. The molecule has 0 saturated carbocycles. The third-order valence-electron chi connectivity index (χ3n) is 6.20. The Kier molecular flexibility index (Phi) is 5.62. The van der Waals surface area contributed by atoms with Gasteiger partial charge in [0.2, 0.25) is 5.95 Å². The van der Waals surface area contributed by atoms with Crippen molar-refractivity contribution >= 4 is 23.2 Å². The number of carbonyl (C=O) groups excluding carboxylic acids is 1. The maximum atomic E-state index is 13.0. The first kappa shape index (κ1) is 21.2. The van der Waals surface area contributed by atoms with E-state index in [1.54, 1.807) is 11.3 Å². The van der Waals surface area contributed by atoms with E-state index in [0.717, 1.165) is 54.3 Å². The lowest BCUT2D eigenvalue weighted by atomic mass is 9.74. The van der Waals surface area contributed by atoms with E-state index in [1.807, 2.05) is 18.5 Å². The Morgan fingerprint density at radius 3 is 2.60 bits per heavy atom. The number of rotatable bonds is 3. The van der Waals surface area contributed by atoms with Gasteiger partial charge in [0.15, 0.2) is 0 Å². The van der Waals surface area contributed by atoms with Gasteiger partial charge in [0.05, 0.1) is 29.5 Å². The summed E-state index contributed by atoms with van der Waals surface area (Å²) in [6.07, 6.45) is 4.01. The molecule has 6 nitrogen and oxygen atoms in total. The number of nitrogens with zero attached hydrogens (tertiary/aromatic N) is 3. The highest BCUT2D eigenvalue weighted by Gasteiger charge is 2.35. The molecule has 1 amide bonds. The molecule has 7 heteroatoms. The van der Waals surface area contributed by atoms with Gasteiger partial charge in [0, 0.05) is 35.1 Å². The van der Waals surface area contributed by atoms with Crippen molar-refractivity contribution in [2.75, 3.05) is 18.0 Å². The molecule has 0 radical (unpaired) electrons. The molecule has 4 rings (SSSR count). The molecule has 0 aromatic carbocycles. The molecule has 0 unspecified atom stereocenters. The summed E-state index contributed by atoms with van der Waals surface area (Å²) in [5.41, 5.74) is 3.99. The van der Waals surface area contributed by atoms with E-state index >= 15 is 0 Å². The van der Waals surface area contributed by atoms with Crippen LogP contribution in [0, 0.1) is 19.3 Å². The first-order valence-corrected chi connectivity index (χ1v) is 11.6. The number of nitrogens with one attached hydrogen (secondary N) is 1. The van der Waals surface area contributed by atoms with Crippen molar-refractivity contribution in [2.24, 2.45) is 5.41 Å². The highest BCUT2D eigenvalue weighted by Crippen LogP contribution is 2.40. The summed E-state index contributed by atoms with van der Waals surface area (Å²) >= 11 is 1.62. The third kappa shape index (κ3) is 4.23. The molecular weight excluding hydrogens is 396 g/mol. The van der Waals surface area contributed by atoms with Crippen molar-refractivity contribution in [1.29, 1.82) is 0 Å². The quantitative estimate of drug-likeness (QED) is 0.793. The van der Waals surface area contributed by atoms with E-state index in [0.29, 0.717) is 0 Å². The second kappa shape index (κ2) is 7.93. The molecule has 1 N–H and O–H groups in total. The molecule has 2 aromatic rings. The fourth-order valence-electron chi connectivity index (χ4n) is 4.63. The Bertz CT molecular complexity index is 945. The molecule has 162 valence electrons. The Morgan fingerprint density at radius 1 is 1.27 bits per heavy atom. The largest absolute Gasteiger partial charge is 0.372 e. The Morgan fingerprint density at radius 2 is 1.97 bits per heavy atom. The van der Waals surface area contributed by atoms with Crippen LogP contribution in [0.5, 0.6) is 0 Å². The summed E-state index contributed by atoms with van der Waals surface area (Å²) in [6.45, 7) is 14.3. The molecule has 1 saturated heterocycles. The predicted molar refractivity (Wildman–Crippen MR) is 120 cm³/mol. The number of aromatic nitrogens is 2. The van der Waals surface area contributed by atoms with Gasteiger partial charge >= 0.3 is 0 Å². The van der Waals surface area contributed by atoms with Gasteiger partial charge in [-0.3, -0.25) is 4.79 Å². The van der Waals surface area contributed by atoms with Crippen molar-refractivity contribution in [3.63, 3.8) is 0 Å². The molecule has 30 heavy (non-hydrogen) atoms. The minimum atomic E-state index is -0.0764. The number of morpholine rings is 1. The van der Waals surface area contributed by atoms with Crippen LogP contribution in [0.1, 0.15) is 72.2 Å². The summed E-state index contributed by atoms with van der Waals surface area (Å²) in [4.78, 5) is 26.0. The smallest absolute Gasteiger partial charge is 0.252 e. The molecule has 1 aliphatic carbocycles. The van der Waals surface area contributed by atoms with Crippen molar-refractivity contribution in [1.82, 2.24) is 15.3 Å². The van der Waals surface area contributed by atoms with Gasteiger partial charge < -0.3 is 15.0 Å². The number of aryl methyl sites for hydroxylation is 1. The molecule has 0 spiro atoms. The Hall–Kier alpha value is -1.99. The van der Waals surface area contributed by atoms with E-state index in [9.17, 15) is 4.79 Å². The summed E-state index contributed by atoms with van der Waals surface area (Å²) in [5, 5.41) is 5.22. The predicted octanol–water partition coefficient (Wildman–Crippen LogP) is 4.21. The van der Waals surface area contributed by atoms with Crippen LogP contribution < -0.4 is 10.2 Å². The molecule has 1 aliphatic heterocycles. The molecule has 0 bridgehead atoms. The van der Waals surface area contributed by atoms with E-state index < -0.39 is 0 Å². The van der Waals surface area contributed by atoms with Gasteiger partial charge in [-0.1, -0.05) is 13.8 Å². The standard InChI is InChI=1S/C23H32N4O2S/c1-13-10-27(11-14(2)29-13)22-24-9-17-19(7-23(5,6)8-20(17)26-22)25-21(28)18-12-30-16(4)15(18)3/h9,12-14,19H,7-8,10-11H2,1-6H3,(H,25,28)/t13-,14+,19-/m1/s1. The summed E-state index contributed by atoms with van der Waals surface area (Å²) in [6, 6.07) is -0.0764. The number of hydrogen-bond donors (Lipinski definition) is 1. The third-order valence-corrected chi connectivity index (χ3v) is 7.22. The number of hydrogen-bond acceptors (Lipinski definition) is 6. The molecule has 2 aliphatic rings. The zero-order valence-corrected chi connectivity index (χ0v) is 19.6. The minimum absolute atomic E-state index is 0.00888. The highest BCUT2D eigenvalue weighted by molar-refractivity contribution is 7.10. The first-order chi connectivity index (χ1) is 14.1. The summed E-state index contributed by atoms with van der Waals surface area (Å²) in [7, 11) is 0. The van der Waals surface area contributed by atoms with E-state index in [2.05, 4.69) is 44.8 Å². The van der Waals surface area contributed by atoms with E-state index in [4.69, 9.17) is 14.7 Å². The van der Waals surface area contributed by atoms with Gasteiger partial charge in [-0.15, -0.1) is 11.3 Å². The van der Waals surface area contributed by atoms with Gasteiger partial charge in [0.1, 0.15) is 0 Å². The normalized spacial score (nSPS) is 25.7. The van der Waals surface area contributed by atoms with Crippen molar-refractivity contribution in [3.8, 4) is 0 Å². The van der Waals surface area contributed by atoms with Crippen LogP contribution in [0.15, 0.2) is 11.6 Å². The van der Waals surface area contributed by atoms with Gasteiger partial charge in [-0.2, -0.15) is 0 Å². The number of thiophene rings is 1. The minimum Gasteiger partial charge on any atom is -0.372 e.